The van der Waals surface area contributed by atoms with Crippen LogP contribution < -0.4 is 4.74 Å². The quantitative estimate of drug-likeness (QED) is 0.506. The van der Waals surface area contributed by atoms with Gasteiger partial charge in [0.05, 0.1) is 40.2 Å². The van der Waals surface area contributed by atoms with Crippen LogP contribution in [0.4, 0.5) is 0 Å². The van der Waals surface area contributed by atoms with Crippen LogP contribution in [0, 0.1) is 0 Å². The fourth-order valence-corrected chi connectivity index (χ4v) is 4.89. The first-order chi connectivity index (χ1) is 15.0. The summed E-state index contributed by atoms with van der Waals surface area (Å²) in [5, 5.41) is 5.38. The predicted molar refractivity (Wildman–Crippen MR) is 112 cm³/mol. The summed E-state index contributed by atoms with van der Waals surface area (Å²) in [6.07, 6.45) is 2.64. The van der Waals surface area contributed by atoms with Crippen LogP contribution >= 0.6 is 23.2 Å². The summed E-state index contributed by atoms with van der Waals surface area (Å²) in [5.74, 6) is -1.91. The van der Waals surface area contributed by atoms with Gasteiger partial charge in [-0.3, -0.25) is 4.90 Å². The number of esters is 2. The van der Waals surface area contributed by atoms with Gasteiger partial charge in [0.15, 0.2) is 0 Å². The molecule has 2 aliphatic heterocycles. The van der Waals surface area contributed by atoms with Crippen molar-refractivity contribution in [2.24, 2.45) is 0 Å². The monoisotopic (exact) mass is 465 g/mol. The van der Waals surface area contributed by atoms with Crippen LogP contribution in [-0.2, 0) is 31.1 Å². The zero-order valence-corrected chi connectivity index (χ0v) is 18.2. The summed E-state index contributed by atoms with van der Waals surface area (Å²) in [6, 6.07) is 5.21. The van der Waals surface area contributed by atoms with E-state index in [1.807, 2.05) is 0 Å². The molecule has 3 heterocycles. The van der Waals surface area contributed by atoms with E-state index in [0.717, 1.165) is 25.2 Å². The number of carbonyl (C=O) groups excluding carboxylic acids is 2. The van der Waals surface area contributed by atoms with Crippen molar-refractivity contribution in [3.05, 3.63) is 39.5 Å². The average molecular weight is 466 g/mol. The van der Waals surface area contributed by atoms with Crippen molar-refractivity contribution >= 4 is 35.1 Å². The highest BCUT2D eigenvalue weighted by Crippen LogP contribution is 2.48. The minimum Gasteiger partial charge on any atom is -0.445 e. The van der Waals surface area contributed by atoms with Crippen molar-refractivity contribution in [1.82, 2.24) is 14.7 Å². The number of rotatable bonds is 4. The summed E-state index contributed by atoms with van der Waals surface area (Å²) in [4.78, 5) is 26.9. The number of carbonyl (C=O) groups is 2. The van der Waals surface area contributed by atoms with Crippen LogP contribution in [0.25, 0.3) is 5.69 Å². The highest BCUT2D eigenvalue weighted by molar-refractivity contribution is 6.42. The smallest absolute Gasteiger partial charge is 0.424 e. The number of morpholine rings is 1. The maximum Gasteiger partial charge on any atom is 0.424 e. The van der Waals surface area contributed by atoms with Crippen molar-refractivity contribution < 1.29 is 23.8 Å². The predicted octanol–water partition coefficient (Wildman–Crippen LogP) is 2.90. The number of halogens is 2. The lowest BCUT2D eigenvalue weighted by atomic mass is 9.79. The second kappa shape index (κ2) is 8.09. The van der Waals surface area contributed by atoms with Crippen LogP contribution in [0.3, 0.4) is 0 Å². The fourth-order valence-electron chi connectivity index (χ4n) is 4.60. The first kappa shape index (κ1) is 20.8. The van der Waals surface area contributed by atoms with E-state index in [9.17, 15) is 9.59 Å². The van der Waals surface area contributed by atoms with E-state index >= 15 is 0 Å². The van der Waals surface area contributed by atoms with Gasteiger partial charge in [-0.25, -0.2) is 14.3 Å². The van der Waals surface area contributed by atoms with Gasteiger partial charge in [-0.05, 0) is 37.5 Å². The number of ether oxygens (including phenoxy) is 3. The Morgan fingerprint density at radius 1 is 1.10 bits per heavy atom. The van der Waals surface area contributed by atoms with Crippen LogP contribution in [0.5, 0.6) is 5.88 Å². The van der Waals surface area contributed by atoms with Crippen molar-refractivity contribution in [3.63, 3.8) is 0 Å². The number of hydrogen-bond donors (Lipinski definition) is 0. The minimum atomic E-state index is -1.05. The standard InChI is InChI=1S/C21H21Cl2N3O5/c22-14-4-3-13(12-15(14)23)26-16-2-1-5-21(6-7-25-8-10-29-11-9-25)17(16)18(24-26)30-19(27)20(28)31-21/h3-4,12H,1-2,5-11H2. The van der Waals surface area contributed by atoms with E-state index in [-0.39, 0.29) is 5.88 Å². The molecule has 1 aromatic carbocycles. The lowest BCUT2D eigenvalue weighted by Crippen LogP contribution is -2.43. The Balaban J connectivity index is 1.58. The maximum absolute atomic E-state index is 12.4. The highest BCUT2D eigenvalue weighted by atomic mass is 35.5. The Labute approximate surface area is 188 Å². The number of aromatic nitrogens is 2. The third-order valence-electron chi connectivity index (χ3n) is 6.13. The van der Waals surface area contributed by atoms with Gasteiger partial charge in [0.25, 0.3) is 0 Å². The van der Waals surface area contributed by atoms with Crippen LogP contribution in [0.1, 0.15) is 30.5 Å². The molecule has 1 fully saturated rings. The molecule has 1 atom stereocenters. The summed E-state index contributed by atoms with van der Waals surface area (Å²) in [7, 11) is 0. The minimum absolute atomic E-state index is 0.124. The second-order valence-electron chi connectivity index (χ2n) is 7.97. The summed E-state index contributed by atoms with van der Waals surface area (Å²) >= 11 is 12.3. The largest absolute Gasteiger partial charge is 0.445 e. The molecule has 1 aliphatic carbocycles. The molecule has 0 spiro atoms. The average Bonchev–Trinajstić information content (AvgIpc) is 3.09. The molecule has 31 heavy (non-hydrogen) atoms. The van der Waals surface area contributed by atoms with E-state index in [4.69, 9.17) is 37.4 Å². The Morgan fingerprint density at radius 2 is 1.90 bits per heavy atom. The number of nitrogens with zero attached hydrogens (tertiary/aromatic N) is 3. The van der Waals surface area contributed by atoms with E-state index in [1.54, 1.807) is 22.9 Å². The van der Waals surface area contributed by atoms with Gasteiger partial charge in [-0.15, -0.1) is 5.10 Å². The normalized spacial score (nSPS) is 23.7. The molecule has 1 aromatic heterocycles. The summed E-state index contributed by atoms with van der Waals surface area (Å²) < 4.78 is 18.3. The van der Waals surface area contributed by atoms with Gasteiger partial charge in [-0.2, -0.15) is 0 Å². The fraction of sp³-hybridized carbons (Fsp3) is 0.476. The first-order valence-corrected chi connectivity index (χ1v) is 11.1. The molecule has 10 heteroatoms. The molecule has 1 saturated heterocycles. The Kier molecular flexibility index (Phi) is 5.42. The molecule has 3 aliphatic rings. The molecular formula is C21H21Cl2N3O5. The van der Waals surface area contributed by atoms with Gasteiger partial charge in [0, 0.05) is 26.1 Å². The molecule has 0 N–H and O–H groups in total. The van der Waals surface area contributed by atoms with Gasteiger partial charge < -0.3 is 14.2 Å². The Morgan fingerprint density at radius 3 is 2.68 bits per heavy atom. The molecule has 0 bridgehead atoms. The molecule has 1 unspecified atom stereocenters. The van der Waals surface area contributed by atoms with Gasteiger partial charge in [0.1, 0.15) is 5.60 Å². The van der Waals surface area contributed by atoms with Crippen molar-refractivity contribution in [2.45, 2.75) is 31.3 Å². The van der Waals surface area contributed by atoms with E-state index < -0.39 is 17.5 Å². The molecule has 0 amide bonds. The molecular weight excluding hydrogens is 445 g/mol. The SMILES string of the molecule is O=C1Oc2nn(-c3ccc(Cl)c(Cl)c3)c3c2C(CCN2CCOCC2)(CCC3)OC1=O. The van der Waals surface area contributed by atoms with Crippen molar-refractivity contribution in [3.8, 4) is 11.6 Å². The van der Waals surface area contributed by atoms with Crippen molar-refractivity contribution in [2.75, 3.05) is 32.8 Å². The van der Waals surface area contributed by atoms with E-state index in [0.29, 0.717) is 60.3 Å². The molecule has 164 valence electrons. The molecule has 0 saturated carbocycles. The summed E-state index contributed by atoms with van der Waals surface area (Å²) in [5.41, 5.74) is 1.27. The van der Waals surface area contributed by atoms with Gasteiger partial charge in [-0.1, -0.05) is 23.2 Å². The third kappa shape index (κ3) is 3.71. The topological polar surface area (TPSA) is 82.9 Å². The number of benzene rings is 1. The molecule has 5 rings (SSSR count). The maximum atomic E-state index is 12.4. The number of hydrogen-bond acceptors (Lipinski definition) is 7. The van der Waals surface area contributed by atoms with Crippen LogP contribution in [0.2, 0.25) is 10.0 Å². The van der Waals surface area contributed by atoms with E-state index in [2.05, 4.69) is 10.00 Å². The van der Waals surface area contributed by atoms with E-state index in [1.165, 1.54) is 0 Å². The third-order valence-corrected chi connectivity index (χ3v) is 6.87. The lowest BCUT2D eigenvalue weighted by Gasteiger charge is -2.37. The van der Waals surface area contributed by atoms with Crippen LogP contribution in [0.15, 0.2) is 18.2 Å². The van der Waals surface area contributed by atoms with Crippen LogP contribution in [-0.4, -0.2) is 59.5 Å². The van der Waals surface area contributed by atoms with Gasteiger partial charge >= 0.3 is 11.9 Å². The Hall–Kier alpha value is -2.13. The first-order valence-electron chi connectivity index (χ1n) is 10.3. The Bertz CT molecular complexity index is 1050. The zero-order valence-electron chi connectivity index (χ0n) is 16.7. The van der Waals surface area contributed by atoms with Crippen molar-refractivity contribution in [1.29, 1.82) is 0 Å². The zero-order chi connectivity index (χ0) is 21.6. The molecule has 8 nitrogen and oxygen atoms in total. The summed E-state index contributed by atoms with van der Waals surface area (Å²) in [6.45, 7) is 3.71. The molecule has 2 aromatic rings. The lowest BCUT2D eigenvalue weighted by molar-refractivity contribution is -0.174. The van der Waals surface area contributed by atoms with Gasteiger partial charge in [0.2, 0.25) is 5.88 Å². The highest BCUT2D eigenvalue weighted by Gasteiger charge is 2.50. The molecule has 0 radical (unpaired) electrons. The second-order valence-corrected chi connectivity index (χ2v) is 8.78.